The smallest absolute Gasteiger partial charge is 0.162 e. The molecule has 2 aromatic heterocycles. The number of fused-ring (bicyclic) bond motifs is 1. The van der Waals surface area contributed by atoms with E-state index in [4.69, 9.17) is 10.00 Å². The highest BCUT2D eigenvalue weighted by Crippen LogP contribution is 2.15. The molecule has 0 saturated carbocycles. The predicted octanol–water partition coefficient (Wildman–Crippen LogP) is 0.759. The number of hydrogen-bond donors (Lipinski definition) is 1. The number of ether oxygens (including phenoxy) is 1. The minimum absolute atomic E-state index is 0.0407. The highest BCUT2D eigenvalue weighted by Gasteiger charge is 2.18. The topological polar surface area (TPSA) is 75.2 Å². The number of imidazole rings is 1. The molecule has 0 spiro atoms. The Morgan fingerprint density at radius 2 is 2.44 bits per heavy atom. The van der Waals surface area contributed by atoms with E-state index in [2.05, 4.69) is 15.4 Å². The van der Waals surface area contributed by atoms with E-state index >= 15 is 0 Å². The average molecular weight is 215 g/mol. The molecule has 1 unspecified atom stereocenters. The first-order valence-corrected chi connectivity index (χ1v) is 5.00. The monoisotopic (exact) mass is 215 g/mol. The van der Waals surface area contributed by atoms with E-state index in [-0.39, 0.29) is 6.23 Å². The van der Waals surface area contributed by atoms with Gasteiger partial charge in [0.15, 0.2) is 11.3 Å². The molecule has 1 saturated heterocycles. The Labute approximate surface area is 91.5 Å². The zero-order chi connectivity index (χ0) is 11.0. The van der Waals surface area contributed by atoms with Gasteiger partial charge in [-0.05, 0) is 12.1 Å². The summed E-state index contributed by atoms with van der Waals surface area (Å²) in [5, 5.41) is 16.2. The molecule has 6 nitrogen and oxygen atoms in total. The maximum atomic E-state index is 8.86. The van der Waals surface area contributed by atoms with Crippen molar-refractivity contribution < 1.29 is 4.74 Å². The van der Waals surface area contributed by atoms with Crippen LogP contribution in [0.25, 0.3) is 5.65 Å². The third-order valence-corrected chi connectivity index (χ3v) is 2.48. The quantitative estimate of drug-likeness (QED) is 0.800. The molecule has 0 aromatic carbocycles. The summed E-state index contributed by atoms with van der Waals surface area (Å²) in [7, 11) is 0. The summed E-state index contributed by atoms with van der Waals surface area (Å²) < 4.78 is 6.76. The zero-order valence-corrected chi connectivity index (χ0v) is 8.42. The lowest BCUT2D eigenvalue weighted by Gasteiger charge is -2.27. The molecule has 3 heterocycles. The van der Waals surface area contributed by atoms with Crippen LogP contribution in [0.4, 0.5) is 5.82 Å². The summed E-state index contributed by atoms with van der Waals surface area (Å²) in [4.78, 5) is 4.06. The van der Waals surface area contributed by atoms with Crippen molar-refractivity contribution in [2.24, 2.45) is 0 Å². The summed E-state index contributed by atoms with van der Waals surface area (Å²) >= 11 is 0. The van der Waals surface area contributed by atoms with Crippen molar-refractivity contribution in [1.29, 1.82) is 5.26 Å². The second kappa shape index (κ2) is 3.47. The maximum absolute atomic E-state index is 8.86. The fourth-order valence-electron chi connectivity index (χ4n) is 1.54. The molecular weight excluding hydrogens is 206 g/mol. The largest absolute Gasteiger partial charge is 0.358 e. The van der Waals surface area contributed by atoms with Crippen LogP contribution in [0.15, 0.2) is 18.3 Å². The van der Waals surface area contributed by atoms with Crippen molar-refractivity contribution in [3.8, 4) is 6.07 Å². The molecule has 0 bridgehead atoms. The minimum Gasteiger partial charge on any atom is -0.358 e. The third-order valence-electron chi connectivity index (χ3n) is 2.48. The van der Waals surface area contributed by atoms with Gasteiger partial charge in [-0.25, -0.2) is 9.50 Å². The van der Waals surface area contributed by atoms with Crippen molar-refractivity contribution in [2.75, 3.05) is 11.9 Å². The van der Waals surface area contributed by atoms with Gasteiger partial charge in [0.1, 0.15) is 18.1 Å². The molecule has 6 heteroatoms. The van der Waals surface area contributed by atoms with Crippen molar-refractivity contribution in [3.63, 3.8) is 0 Å². The predicted molar refractivity (Wildman–Crippen MR) is 55.7 cm³/mol. The molecule has 1 N–H and O–H groups in total. The zero-order valence-electron chi connectivity index (χ0n) is 8.42. The van der Waals surface area contributed by atoms with Gasteiger partial charge in [-0.3, -0.25) is 0 Å². The Morgan fingerprint density at radius 3 is 3.12 bits per heavy atom. The van der Waals surface area contributed by atoms with E-state index < -0.39 is 0 Å². The van der Waals surface area contributed by atoms with E-state index in [9.17, 15) is 0 Å². The van der Waals surface area contributed by atoms with Gasteiger partial charge < -0.3 is 10.1 Å². The van der Waals surface area contributed by atoms with Gasteiger partial charge >= 0.3 is 0 Å². The number of rotatable bonds is 2. The normalized spacial score (nSPS) is 19.1. The Balaban J connectivity index is 1.97. The van der Waals surface area contributed by atoms with Crippen LogP contribution < -0.4 is 5.32 Å². The van der Waals surface area contributed by atoms with E-state index in [1.165, 1.54) is 10.7 Å². The molecular formula is C10H9N5O. The molecule has 0 aliphatic carbocycles. The molecule has 3 rings (SSSR count). The summed E-state index contributed by atoms with van der Waals surface area (Å²) in [5.41, 5.74) is 1.09. The highest BCUT2D eigenvalue weighted by atomic mass is 16.5. The molecule has 1 aliphatic heterocycles. The minimum atomic E-state index is 0.0407. The lowest BCUT2D eigenvalue weighted by Crippen LogP contribution is -2.34. The van der Waals surface area contributed by atoms with Gasteiger partial charge in [-0.15, -0.1) is 5.10 Å². The lowest BCUT2D eigenvalue weighted by molar-refractivity contribution is -0.0316. The van der Waals surface area contributed by atoms with Crippen LogP contribution in [-0.2, 0) is 4.74 Å². The van der Waals surface area contributed by atoms with Crippen LogP contribution in [0.1, 0.15) is 12.1 Å². The van der Waals surface area contributed by atoms with Crippen LogP contribution in [-0.4, -0.2) is 27.4 Å². The average Bonchev–Trinajstić information content (AvgIpc) is 2.65. The summed E-state index contributed by atoms with van der Waals surface area (Å²) in [5.74, 6) is 0.687. The molecule has 0 radical (unpaired) electrons. The molecule has 1 atom stereocenters. The molecule has 1 aliphatic rings. The fraction of sp³-hybridized carbons (Fsp3) is 0.300. The van der Waals surface area contributed by atoms with E-state index in [0.717, 1.165) is 13.0 Å². The molecule has 0 amide bonds. The second-order valence-corrected chi connectivity index (χ2v) is 3.54. The number of hydrogen-bond acceptors (Lipinski definition) is 5. The Kier molecular flexibility index (Phi) is 1.98. The highest BCUT2D eigenvalue weighted by molar-refractivity contribution is 5.47. The van der Waals surface area contributed by atoms with Crippen LogP contribution in [0.5, 0.6) is 0 Å². The van der Waals surface area contributed by atoms with Crippen LogP contribution >= 0.6 is 0 Å². The third kappa shape index (κ3) is 1.38. The van der Waals surface area contributed by atoms with Gasteiger partial charge in [-0.2, -0.15) is 5.26 Å². The van der Waals surface area contributed by atoms with E-state index in [1.807, 2.05) is 18.2 Å². The van der Waals surface area contributed by atoms with Gasteiger partial charge in [0, 0.05) is 6.42 Å². The van der Waals surface area contributed by atoms with Gasteiger partial charge in [0.2, 0.25) is 0 Å². The Morgan fingerprint density at radius 1 is 1.56 bits per heavy atom. The first kappa shape index (κ1) is 9.12. The standard InChI is InChI=1S/C10H9N5O/c11-5-7-6-12-9-2-1-8(14-15(7)9)13-10-3-4-16-10/h1-2,6,10H,3-4H2,(H,13,14). The first-order valence-electron chi connectivity index (χ1n) is 5.00. The molecule has 1 fully saturated rings. The SMILES string of the molecule is N#Cc1cnc2ccc(NC3CCO3)nn12. The Hall–Kier alpha value is -2.13. The first-order chi connectivity index (χ1) is 7.86. The number of aromatic nitrogens is 3. The van der Waals surface area contributed by atoms with Crippen molar-refractivity contribution in [2.45, 2.75) is 12.6 Å². The fourth-order valence-corrected chi connectivity index (χ4v) is 1.54. The number of anilines is 1. The summed E-state index contributed by atoms with van der Waals surface area (Å²) in [6, 6.07) is 5.68. The van der Waals surface area contributed by atoms with E-state index in [0.29, 0.717) is 17.2 Å². The van der Waals surface area contributed by atoms with Crippen molar-refractivity contribution in [3.05, 3.63) is 24.0 Å². The van der Waals surface area contributed by atoms with Crippen LogP contribution in [0.3, 0.4) is 0 Å². The molecule has 80 valence electrons. The Bertz CT molecular complexity index is 566. The van der Waals surface area contributed by atoms with Crippen molar-refractivity contribution >= 4 is 11.5 Å². The maximum Gasteiger partial charge on any atom is 0.162 e. The van der Waals surface area contributed by atoms with Gasteiger partial charge in [0.05, 0.1) is 12.8 Å². The summed E-state index contributed by atoms with van der Waals surface area (Å²) in [6.07, 6.45) is 2.53. The number of nitrogens with one attached hydrogen (secondary N) is 1. The summed E-state index contributed by atoms with van der Waals surface area (Å²) in [6.45, 7) is 0.786. The molecule has 16 heavy (non-hydrogen) atoms. The number of nitrogens with zero attached hydrogens (tertiary/aromatic N) is 4. The van der Waals surface area contributed by atoms with Gasteiger partial charge in [-0.1, -0.05) is 0 Å². The van der Waals surface area contributed by atoms with Crippen LogP contribution in [0.2, 0.25) is 0 Å². The van der Waals surface area contributed by atoms with Crippen LogP contribution in [0, 0.1) is 11.3 Å². The second-order valence-electron chi connectivity index (χ2n) is 3.54. The lowest BCUT2D eigenvalue weighted by atomic mass is 10.3. The molecule has 2 aromatic rings. The van der Waals surface area contributed by atoms with E-state index in [1.54, 1.807) is 0 Å². The number of nitriles is 1. The van der Waals surface area contributed by atoms with Gasteiger partial charge in [0.25, 0.3) is 0 Å². The van der Waals surface area contributed by atoms with Crippen molar-refractivity contribution in [1.82, 2.24) is 14.6 Å².